The molecule has 1 fully saturated rings. The maximum absolute atomic E-state index is 5.77. The number of ether oxygens (including phenoxy) is 1. The van der Waals surface area contributed by atoms with Gasteiger partial charge in [-0.2, -0.15) is 0 Å². The first-order chi connectivity index (χ1) is 10.2. The molecule has 4 heteroatoms. The van der Waals surface area contributed by atoms with E-state index < -0.39 is 0 Å². The average Bonchev–Trinajstić information content (AvgIpc) is 2.53. The molecule has 1 aromatic heterocycles. The molecule has 2 atom stereocenters. The molecule has 1 aliphatic rings. The molecule has 1 aliphatic heterocycles. The first kappa shape index (κ1) is 16.2. The van der Waals surface area contributed by atoms with Gasteiger partial charge >= 0.3 is 0 Å². The number of aromatic nitrogens is 1. The third kappa shape index (κ3) is 4.68. The molecule has 2 heterocycles. The van der Waals surface area contributed by atoms with E-state index in [9.17, 15) is 0 Å². The van der Waals surface area contributed by atoms with Gasteiger partial charge in [-0.1, -0.05) is 6.92 Å². The van der Waals surface area contributed by atoms with Gasteiger partial charge in [0.15, 0.2) is 0 Å². The minimum atomic E-state index is 0.316. The lowest BCUT2D eigenvalue weighted by Crippen LogP contribution is -2.39. The van der Waals surface area contributed by atoms with Gasteiger partial charge in [0.25, 0.3) is 0 Å². The number of pyridine rings is 1. The zero-order valence-corrected chi connectivity index (χ0v) is 13.6. The Morgan fingerprint density at radius 1 is 1.43 bits per heavy atom. The van der Waals surface area contributed by atoms with Crippen molar-refractivity contribution in [3.05, 3.63) is 24.0 Å². The number of anilines is 1. The van der Waals surface area contributed by atoms with Gasteiger partial charge in [0.05, 0.1) is 23.7 Å². The van der Waals surface area contributed by atoms with Crippen molar-refractivity contribution in [2.24, 2.45) is 0 Å². The molecule has 0 aliphatic carbocycles. The van der Waals surface area contributed by atoms with Gasteiger partial charge in [-0.3, -0.25) is 4.98 Å². The Hall–Kier alpha value is -1.13. The maximum Gasteiger partial charge on any atom is 0.0750 e. The summed E-state index contributed by atoms with van der Waals surface area (Å²) < 4.78 is 5.77. The summed E-state index contributed by atoms with van der Waals surface area (Å²) in [4.78, 5) is 7.03. The van der Waals surface area contributed by atoms with Crippen LogP contribution in [0.3, 0.4) is 0 Å². The molecular formula is C17H29N3O. The van der Waals surface area contributed by atoms with Crippen LogP contribution in [0.5, 0.6) is 0 Å². The van der Waals surface area contributed by atoms with E-state index in [0.29, 0.717) is 12.1 Å². The maximum atomic E-state index is 5.77. The highest BCUT2D eigenvalue weighted by Crippen LogP contribution is 2.22. The highest BCUT2D eigenvalue weighted by Gasteiger charge is 2.20. The summed E-state index contributed by atoms with van der Waals surface area (Å²) in [6, 6.07) is 4.66. The average molecular weight is 291 g/mol. The number of piperidine rings is 1. The Balaban J connectivity index is 1.94. The van der Waals surface area contributed by atoms with Crippen LogP contribution in [0, 0.1) is 0 Å². The minimum absolute atomic E-state index is 0.316. The van der Waals surface area contributed by atoms with Crippen molar-refractivity contribution < 1.29 is 4.74 Å². The van der Waals surface area contributed by atoms with Crippen LogP contribution in [-0.2, 0) is 4.74 Å². The van der Waals surface area contributed by atoms with E-state index in [2.05, 4.69) is 48.1 Å². The Kier molecular flexibility index (Phi) is 6.46. The first-order valence-electron chi connectivity index (χ1n) is 8.30. The molecule has 0 radical (unpaired) electrons. The van der Waals surface area contributed by atoms with E-state index >= 15 is 0 Å². The quantitative estimate of drug-likeness (QED) is 0.837. The minimum Gasteiger partial charge on any atom is -0.377 e. The summed E-state index contributed by atoms with van der Waals surface area (Å²) in [6.07, 6.45) is 5.89. The van der Waals surface area contributed by atoms with Gasteiger partial charge in [0.1, 0.15) is 0 Å². The molecule has 0 saturated carbocycles. The topological polar surface area (TPSA) is 37.4 Å². The molecule has 1 aromatic rings. The first-order valence-corrected chi connectivity index (χ1v) is 8.30. The van der Waals surface area contributed by atoms with E-state index in [-0.39, 0.29) is 0 Å². The van der Waals surface area contributed by atoms with Crippen molar-refractivity contribution >= 4 is 5.69 Å². The van der Waals surface area contributed by atoms with E-state index in [1.54, 1.807) is 0 Å². The highest BCUT2D eigenvalue weighted by atomic mass is 16.5. The fourth-order valence-electron chi connectivity index (χ4n) is 2.85. The van der Waals surface area contributed by atoms with Crippen LogP contribution < -0.4 is 10.2 Å². The van der Waals surface area contributed by atoms with E-state index in [4.69, 9.17) is 4.74 Å². The second-order valence-electron chi connectivity index (χ2n) is 5.78. The van der Waals surface area contributed by atoms with Crippen molar-refractivity contribution in [1.29, 1.82) is 0 Å². The van der Waals surface area contributed by atoms with Crippen LogP contribution in [-0.4, -0.2) is 37.3 Å². The van der Waals surface area contributed by atoms with E-state index in [1.807, 2.05) is 6.20 Å². The van der Waals surface area contributed by atoms with Crippen LogP contribution in [0.2, 0.25) is 0 Å². The Labute approximate surface area is 128 Å². The third-order valence-corrected chi connectivity index (χ3v) is 4.06. The van der Waals surface area contributed by atoms with Crippen molar-refractivity contribution in [3.63, 3.8) is 0 Å². The SMILES string of the molecule is CCCNC(C)c1ccc(N2CCCC(OCC)C2)cn1. The molecule has 0 bridgehead atoms. The zero-order chi connectivity index (χ0) is 15.1. The normalized spacial score (nSPS) is 20.5. The summed E-state index contributed by atoms with van der Waals surface area (Å²) in [7, 11) is 0. The van der Waals surface area contributed by atoms with Crippen molar-refractivity contribution in [3.8, 4) is 0 Å². The Morgan fingerprint density at radius 3 is 2.95 bits per heavy atom. The van der Waals surface area contributed by atoms with Crippen molar-refractivity contribution in [1.82, 2.24) is 10.3 Å². The molecule has 2 rings (SSSR count). The fraction of sp³-hybridized carbons (Fsp3) is 0.706. The lowest BCUT2D eigenvalue weighted by molar-refractivity contribution is 0.0526. The highest BCUT2D eigenvalue weighted by molar-refractivity contribution is 5.45. The summed E-state index contributed by atoms with van der Waals surface area (Å²) in [5.74, 6) is 0. The second-order valence-corrected chi connectivity index (χ2v) is 5.78. The number of rotatable bonds is 7. The van der Waals surface area contributed by atoms with Gasteiger partial charge < -0.3 is 15.0 Å². The molecule has 0 aromatic carbocycles. The largest absolute Gasteiger partial charge is 0.377 e. The third-order valence-electron chi connectivity index (χ3n) is 4.06. The summed E-state index contributed by atoms with van der Waals surface area (Å²) in [5.41, 5.74) is 2.33. The van der Waals surface area contributed by atoms with Gasteiger partial charge in [0, 0.05) is 25.7 Å². The summed E-state index contributed by atoms with van der Waals surface area (Å²) in [5, 5.41) is 3.48. The Bertz CT molecular complexity index is 405. The van der Waals surface area contributed by atoms with Crippen LogP contribution in [0.15, 0.2) is 18.3 Å². The molecule has 0 spiro atoms. The molecule has 2 unspecified atom stereocenters. The number of hydrogen-bond acceptors (Lipinski definition) is 4. The second kappa shape index (κ2) is 8.35. The van der Waals surface area contributed by atoms with Gasteiger partial charge in [-0.05, 0) is 51.8 Å². The monoisotopic (exact) mass is 291 g/mol. The van der Waals surface area contributed by atoms with Crippen LogP contribution in [0.1, 0.15) is 51.8 Å². The van der Waals surface area contributed by atoms with Crippen molar-refractivity contribution in [2.45, 2.75) is 52.2 Å². The van der Waals surface area contributed by atoms with Gasteiger partial charge in [0.2, 0.25) is 0 Å². The molecular weight excluding hydrogens is 262 g/mol. The lowest BCUT2D eigenvalue weighted by Gasteiger charge is -2.34. The van der Waals surface area contributed by atoms with Gasteiger partial charge in [-0.25, -0.2) is 0 Å². The molecule has 118 valence electrons. The zero-order valence-electron chi connectivity index (χ0n) is 13.6. The molecule has 21 heavy (non-hydrogen) atoms. The molecule has 1 saturated heterocycles. The number of nitrogens with one attached hydrogen (secondary N) is 1. The van der Waals surface area contributed by atoms with Crippen LogP contribution in [0.4, 0.5) is 5.69 Å². The van der Waals surface area contributed by atoms with E-state index in [1.165, 1.54) is 18.5 Å². The standard InChI is InChI=1S/C17H29N3O/c1-4-10-18-14(3)17-9-8-15(12-19-17)20-11-6-7-16(13-20)21-5-2/h8-9,12,14,16,18H,4-7,10-11,13H2,1-3H3. The predicted molar refractivity (Wildman–Crippen MR) is 87.8 cm³/mol. The summed E-state index contributed by atoms with van der Waals surface area (Å²) in [6.45, 7) is 10.3. The smallest absolute Gasteiger partial charge is 0.0750 e. The van der Waals surface area contributed by atoms with Crippen molar-refractivity contribution in [2.75, 3.05) is 31.1 Å². The Morgan fingerprint density at radius 2 is 2.29 bits per heavy atom. The summed E-state index contributed by atoms with van der Waals surface area (Å²) >= 11 is 0. The van der Waals surface area contributed by atoms with Crippen LogP contribution in [0.25, 0.3) is 0 Å². The molecule has 1 N–H and O–H groups in total. The fourth-order valence-corrected chi connectivity index (χ4v) is 2.85. The van der Waals surface area contributed by atoms with E-state index in [0.717, 1.165) is 38.4 Å². The number of nitrogens with zero attached hydrogens (tertiary/aromatic N) is 2. The lowest BCUT2D eigenvalue weighted by atomic mass is 10.1. The van der Waals surface area contributed by atoms with Crippen LogP contribution >= 0.6 is 0 Å². The number of hydrogen-bond donors (Lipinski definition) is 1. The van der Waals surface area contributed by atoms with Gasteiger partial charge in [-0.15, -0.1) is 0 Å². The predicted octanol–water partition coefficient (Wildman–Crippen LogP) is 3.15. The molecule has 0 amide bonds. The molecule has 4 nitrogen and oxygen atoms in total.